The highest BCUT2D eigenvalue weighted by Gasteiger charge is 2.19. The molecule has 5 nitrogen and oxygen atoms in total. The first-order valence-electron chi connectivity index (χ1n) is 7.23. The second kappa shape index (κ2) is 7.15. The van der Waals surface area contributed by atoms with E-state index in [1.807, 2.05) is 13.1 Å². The quantitative estimate of drug-likeness (QED) is 0.823. The summed E-state index contributed by atoms with van der Waals surface area (Å²) in [4.78, 5) is 9.86. The fraction of sp³-hybridized carbons (Fsp3) is 0.600. The number of aromatic nitrogens is 1. The van der Waals surface area contributed by atoms with Crippen molar-refractivity contribution < 1.29 is 4.74 Å². The Hall–Kier alpha value is -1.24. The van der Waals surface area contributed by atoms with Gasteiger partial charge in [-0.1, -0.05) is 12.2 Å². The Morgan fingerprint density at radius 2 is 1.90 bits per heavy atom. The van der Waals surface area contributed by atoms with E-state index in [-0.39, 0.29) is 0 Å². The maximum Gasteiger partial charge on any atom is 0.128 e. The van der Waals surface area contributed by atoms with Gasteiger partial charge in [0, 0.05) is 56.6 Å². The van der Waals surface area contributed by atoms with Crippen LogP contribution in [0.1, 0.15) is 16.8 Å². The van der Waals surface area contributed by atoms with Gasteiger partial charge < -0.3 is 10.5 Å². The van der Waals surface area contributed by atoms with Crippen LogP contribution in [-0.2, 0) is 6.54 Å². The first-order chi connectivity index (χ1) is 10.0. The van der Waals surface area contributed by atoms with E-state index in [1.165, 1.54) is 0 Å². The predicted molar refractivity (Wildman–Crippen MR) is 88.8 cm³/mol. The molecule has 1 aliphatic rings. The molecule has 1 aliphatic heterocycles. The summed E-state index contributed by atoms with van der Waals surface area (Å²) in [5.74, 6) is 0.951. The predicted octanol–water partition coefficient (Wildman–Crippen LogP) is 1.11. The van der Waals surface area contributed by atoms with Gasteiger partial charge in [0.2, 0.25) is 0 Å². The Balaban J connectivity index is 1.96. The number of nitrogens with two attached hydrogens (primary N) is 1. The standard InChI is InChI=1S/C15H24N4OS/c1-11-8-17-13(12(2)15(11)20-3)9-18-4-6-19(7-5-18)10-14(16)21/h8H,4-7,9-10H2,1-3H3,(H2,16,21). The van der Waals surface area contributed by atoms with Crippen molar-refractivity contribution in [1.82, 2.24) is 14.8 Å². The smallest absolute Gasteiger partial charge is 0.128 e. The number of piperazine rings is 1. The van der Waals surface area contributed by atoms with Crippen LogP contribution in [0.5, 0.6) is 5.75 Å². The molecular formula is C15H24N4OS. The van der Waals surface area contributed by atoms with E-state index in [2.05, 4.69) is 21.7 Å². The van der Waals surface area contributed by atoms with Gasteiger partial charge in [-0.25, -0.2) is 0 Å². The fourth-order valence-corrected chi connectivity index (χ4v) is 2.95. The highest BCUT2D eigenvalue weighted by atomic mass is 32.1. The Kier molecular flexibility index (Phi) is 5.50. The Morgan fingerprint density at radius 3 is 2.48 bits per heavy atom. The molecule has 1 fully saturated rings. The molecule has 0 spiro atoms. The van der Waals surface area contributed by atoms with Crippen molar-refractivity contribution in [2.45, 2.75) is 20.4 Å². The summed E-state index contributed by atoms with van der Waals surface area (Å²) < 4.78 is 5.47. The maximum absolute atomic E-state index is 5.60. The minimum Gasteiger partial charge on any atom is -0.496 e. The van der Waals surface area contributed by atoms with E-state index in [4.69, 9.17) is 22.7 Å². The van der Waals surface area contributed by atoms with E-state index in [0.29, 0.717) is 4.99 Å². The molecule has 21 heavy (non-hydrogen) atoms. The average Bonchev–Trinajstić information content (AvgIpc) is 2.44. The fourth-order valence-electron chi connectivity index (χ4n) is 2.77. The molecule has 2 heterocycles. The number of nitrogens with zero attached hydrogens (tertiary/aromatic N) is 3. The number of pyridine rings is 1. The maximum atomic E-state index is 5.60. The van der Waals surface area contributed by atoms with Crippen molar-refractivity contribution in [2.24, 2.45) is 5.73 Å². The average molecular weight is 308 g/mol. The van der Waals surface area contributed by atoms with Gasteiger partial charge in [-0.15, -0.1) is 0 Å². The minimum absolute atomic E-state index is 0.573. The van der Waals surface area contributed by atoms with E-state index in [9.17, 15) is 0 Å². The molecule has 0 bridgehead atoms. The zero-order valence-corrected chi connectivity index (χ0v) is 13.9. The zero-order valence-electron chi connectivity index (χ0n) is 13.1. The number of methoxy groups -OCH3 is 1. The summed E-state index contributed by atoms with van der Waals surface area (Å²) in [5, 5.41) is 0. The van der Waals surface area contributed by atoms with Crippen molar-refractivity contribution in [3.05, 3.63) is 23.0 Å². The van der Waals surface area contributed by atoms with Crippen LogP contribution in [0.15, 0.2) is 6.20 Å². The van der Waals surface area contributed by atoms with Gasteiger partial charge in [-0.2, -0.15) is 0 Å². The van der Waals surface area contributed by atoms with Gasteiger partial charge in [0.05, 0.1) is 17.8 Å². The SMILES string of the molecule is COc1c(C)cnc(CN2CCN(CC(N)=S)CC2)c1C. The van der Waals surface area contributed by atoms with Gasteiger partial charge >= 0.3 is 0 Å². The van der Waals surface area contributed by atoms with Crippen molar-refractivity contribution in [2.75, 3.05) is 39.8 Å². The van der Waals surface area contributed by atoms with Gasteiger partial charge in [0.25, 0.3) is 0 Å². The second-order valence-corrected chi connectivity index (χ2v) is 6.09. The van der Waals surface area contributed by atoms with Crippen LogP contribution in [0.25, 0.3) is 0 Å². The molecule has 0 aromatic carbocycles. The third kappa shape index (κ3) is 4.12. The van der Waals surface area contributed by atoms with Crippen LogP contribution in [0, 0.1) is 13.8 Å². The molecule has 0 unspecified atom stereocenters. The normalized spacial score (nSPS) is 16.9. The lowest BCUT2D eigenvalue weighted by molar-refractivity contribution is 0.138. The van der Waals surface area contributed by atoms with Crippen molar-refractivity contribution in [1.29, 1.82) is 0 Å². The zero-order chi connectivity index (χ0) is 15.4. The molecule has 0 amide bonds. The van der Waals surface area contributed by atoms with Crippen LogP contribution >= 0.6 is 12.2 Å². The highest BCUT2D eigenvalue weighted by Crippen LogP contribution is 2.24. The van der Waals surface area contributed by atoms with Crippen LogP contribution in [0.2, 0.25) is 0 Å². The number of ether oxygens (including phenoxy) is 1. The van der Waals surface area contributed by atoms with Crippen LogP contribution < -0.4 is 10.5 Å². The molecule has 1 saturated heterocycles. The Bertz CT molecular complexity index is 513. The molecular weight excluding hydrogens is 284 g/mol. The molecule has 0 radical (unpaired) electrons. The minimum atomic E-state index is 0.573. The summed E-state index contributed by atoms with van der Waals surface area (Å²) in [7, 11) is 1.72. The van der Waals surface area contributed by atoms with Crippen LogP contribution in [0.4, 0.5) is 0 Å². The first-order valence-corrected chi connectivity index (χ1v) is 7.64. The van der Waals surface area contributed by atoms with Crippen molar-refractivity contribution in [3.8, 4) is 5.75 Å². The van der Waals surface area contributed by atoms with Gasteiger partial charge in [0.15, 0.2) is 0 Å². The van der Waals surface area contributed by atoms with E-state index in [1.54, 1.807) is 7.11 Å². The Labute approximate surface area is 132 Å². The number of hydrogen-bond donors (Lipinski definition) is 1. The third-order valence-corrected chi connectivity index (χ3v) is 4.10. The third-order valence-electron chi connectivity index (χ3n) is 3.97. The van der Waals surface area contributed by atoms with E-state index < -0.39 is 0 Å². The summed E-state index contributed by atoms with van der Waals surface area (Å²) in [5.41, 5.74) is 8.92. The summed E-state index contributed by atoms with van der Waals surface area (Å²) in [6.45, 7) is 9.72. The highest BCUT2D eigenvalue weighted by molar-refractivity contribution is 7.80. The topological polar surface area (TPSA) is 54.6 Å². The number of rotatable bonds is 5. The number of aryl methyl sites for hydroxylation is 1. The summed E-state index contributed by atoms with van der Waals surface area (Å²) in [6, 6.07) is 0. The van der Waals surface area contributed by atoms with Gasteiger partial charge in [-0.3, -0.25) is 14.8 Å². The molecule has 2 rings (SSSR count). The molecule has 116 valence electrons. The number of thiocarbonyl (C=S) groups is 1. The summed E-state index contributed by atoms with van der Waals surface area (Å²) >= 11 is 4.97. The van der Waals surface area contributed by atoms with E-state index in [0.717, 1.165) is 61.8 Å². The van der Waals surface area contributed by atoms with Crippen molar-refractivity contribution >= 4 is 17.2 Å². The molecule has 0 aliphatic carbocycles. The first kappa shape index (κ1) is 16.1. The monoisotopic (exact) mass is 308 g/mol. The lowest BCUT2D eigenvalue weighted by Crippen LogP contribution is -2.48. The van der Waals surface area contributed by atoms with Gasteiger partial charge in [-0.05, 0) is 13.8 Å². The molecule has 0 saturated carbocycles. The lowest BCUT2D eigenvalue weighted by Gasteiger charge is -2.34. The molecule has 1 aromatic rings. The second-order valence-electron chi connectivity index (χ2n) is 5.56. The Morgan fingerprint density at radius 1 is 1.29 bits per heavy atom. The van der Waals surface area contributed by atoms with Crippen LogP contribution in [0.3, 0.4) is 0 Å². The molecule has 6 heteroatoms. The van der Waals surface area contributed by atoms with E-state index >= 15 is 0 Å². The largest absolute Gasteiger partial charge is 0.496 e. The van der Waals surface area contributed by atoms with Crippen LogP contribution in [-0.4, -0.2) is 59.6 Å². The number of hydrogen-bond acceptors (Lipinski definition) is 5. The summed E-state index contributed by atoms with van der Waals surface area (Å²) in [6.07, 6.45) is 1.89. The van der Waals surface area contributed by atoms with Crippen molar-refractivity contribution in [3.63, 3.8) is 0 Å². The van der Waals surface area contributed by atoms with Gasteiger partial charge in [0.1, 0.15) is 5.75 Å². The molecule has 1 aromatic heterocycles. The molecule has 0 atom stereocenters. The molecule has 2 N–H and O–H groups in total. The lowest BCUT2D eigenvalue weighted by atomic mass is 10.1.